The molecule has 0 unspecified atom stereocenters. The summed E-state index contributed by atoms with van der Waals surface area (Å²) in [6.45, 7) is 0. The van der Waals surface area contributed by atoms with Gasteiger partial charge in [-0.25, -0.2) is 18.7 Å². The monoisotopic (exact) mass is 251 g/mol. The third-order valence-corrected chi connectivity index (χ3v) is 2.25. The van der Waals surface area contributed by atoms with Crippen molar-refractivity contribution in [2.75, 3.05) is 12.4 Å². The van der Waals surface area contributed by atoms with E-state index in [1.807, 2.05) is 0 Å². The number of anilines is 1. The van der Waals surface area contributed by atoms with Gasteiger partial charge in [-0.15, -0.1) is 0 Å². The molecular formula is C12H11F2N3O. The normalized spacial score (nSPS) is 10.4. The van der Waals surface area contributed by atoms with Gasteiger partial charge in [-0.3, -0.25) is 0 Å². The lowest BCUT2D eigenvalue weighted by Crippen LogP contribution is -1.98. The lowest BCUT2D eigenvalue weighted by atomic mass is 10.2. The molecule has 0 aliphatic heterocycles. The number of rotatable bonds is 4. The van der Waals surface area contributed by atoms with E-state index in [1.54, 1.807) is 7.05 Å². The van der Waals surface area contributed by atoms with Crippen LogP contribution in [-0.4, -0.2) is 17.0 Å². The highest BCUT2D eigenvalue weighted by Crippen LogP contribution is 2.26. The van der Waals surface area contributed by atoms with E-state index >= 15 is 0 Å². The zero-order valence-corrected chi connectivity index (χ0v) is 9.60. The van der Waals surface area contributed by atoms with Crippen molar-refractivity contribution in [3.05, 3.63) is 42.2 Å². The van der Waals surface area contributed by atoms with E-state index in [9.17, 15) is 8.78 Å². The highest BCUT2D eigenvalue weighted by atomic mass is 19.3. The third-order valence-electron chi connectivity index (χ3n) is 2.25. The molecule has 0 fully saturated rings. The lowest BCUT2D eigenvalue weighted by molar-refractivity contribution is 0.151. The molecule has 94 valence electrons. The Morgan fingerprint density at radius 1 is 1.11 bits per heavy atom. The van der Waals surface area contributed by atoms with Crippen LogP contribution < -0.4 is 10.1 Å². The Morgan fingerprint density at radius 2 is 1.78 bits per heavy atom. The molecule has 0 atom stereocenters. The first-order valence-electron chi connectivity index (χ1n) is 5.25. The van der Waals surface area contributed by atoms with Crippen molar-refractivity contribution in [2.45, 2.75) is 6.43 Å². The average molecular weight is 251 g/mol. The molecule has 0 aliphatic rings. The van der Waals surface area contributed by atoms with Crippen molar-refractivity contribution in [3.63, 3.8) is 0 Å². The van der Waals surface area contributed by atoms with Gasteiger partial charge in [0.25, 0.3) is 12.3 Å². The zero-order chi connectivity index (χ0) is 13.0. The van der Waals surface area contributed by atoms with E-state index < -0.39 is 6.43 Å². The summed E-state index contributed by atoms with van der Waals surface area (Å²) >= 11 is 0. The summed E-state index contributed by atoms with van der Waals surface area (Å²) in [5.74, 6) is 1.21. The van der Waals surface area contributed by atoms with E-state index in [0.717, 1.165) is 0 Å². The Balaban J connectivity index is 2.18. The van der Waals surface area contributed by atoms with E-state index in [2.05, 4.69) is 15.3 Å². The quantitative estimate of drug-likeness (QED) is 0.906. The van der Waals surface area contributed by atoms with E-state index in [0.29, 0.717) is 17.4 Å². The second-order valence-corrected chi connectivity index (χ2v) is 3.43. The van der Waals surface area contributed by atoms with Gasteiger partial charge in [-0.05, 0) is 24.3 Å². The summed E-state index contributed by atoms with van der Waals surface area (Å²) in [5, 5.41) is 2.83. The Hall–Kier alpha value is -2.24. The number of hydrogen-bond donors (Lipinski definition) is 1. The van der Waals surface area contributed by atoms with Crippen LogP contribution in [0.1, 0.15) is 12.0 Å². The number of hydrogen-bond acceptors (Lipinski definition) is 4. The van der Waals surface area contributed by atoms with Crippen molar-refractivity contribution in [3.8, 4) is 11.6 Å². The smallest absolute Gasteiger partial charge is 0.263 e. The Labute approximate surface area is 103 Å². The van der Waals surface area contributed by atoms with Crippen molar-refractivity contribution < 1.29 is 13.5 Å². The molecule has 18 heavy (non-hydrogen) atoms. The largest absolute Gasteiger partial charge is 0.436 e. The van der Waals surface area contributed by atoms with Crippen LogP contribution >= 0.6 is 0 Å². The first-order valence-corrected chi connectivity index (χ1v) is 5.25. The van der Waals surface area contributed by atoms with Gasteiger partial charge in [-0.2, -0.15) is 0 Å². The molecule has 1 aromatic heterocycles. The molecule has 2 aromatic rings. The molecular weight excluding hydrogens is 240 g/mol. The van der Waals surface area contributed by atoms with Crippen molar-refractivity contribution >= 4 is 5.82 Å². The first kappa shape index (κ1) is 12.2. The summed E-state index contributed by atoms with van der Waals surface area (Å²) in [4.78, 5) is 8.03. The number of benzene rings is 1. The molecule has 0 bridgehead atoms. The summed E-state index contributed by atoms with van der Waals surface area (Å²) in [5.41, 5.74) is -0.0460. The van der Waals surface area contributed by atoms with Gasteiger partial charge in [0.15, 0.2) is 5.82 Å². The number of halogens is 2. The summed E-state index contributed by atoms with van der Waals surface area (Å²) in [6, 6.07) is 5.57. The molecule has 0 saturated heterocycles. The van der Waals surface area contributed by atoms with Crippen molar-refractivity contribution in [1.82, 2.24) is 9.97 Å². The molecule has 1 aromatic carbocycles. The molecule has 0 spiro atoms. The minimum Gasteiger partial charge on any atom is -0.436 e. The molecule has 0 saturated carbocycles. The van der Waals surface area contributed by atoms with E-state index in [-0.39, 0.29) is 5.56 Å². The maximum absolute atomic E-state index is 12.4. The average Bonchev–Trinajstić information content (AvgIpc) is 2.40. The Morgan fingerprint density at radius 3 is 2.39 bits per heavy atom. The van der Waals surface area contributed by atoms with Crippen LogP contribution in [0.2, 0.25) is 0 Å². The minimum absolute atomic E-state index is 0.0460. The van der Waals surface area contributed by atoms with Crippen molar-refractivity contribution in [2.24, 2.45) is 0 Å². The number of nitrogens with zero attached hydrogens (tertiary/aromatic N) is 2. The van der Waals surface area contributed by atoms with Gasteiger partial charge in [-0.1, -0.05) is 0 Å². The maximum atomic E-state index is 12.4. The van der Waals surface area contributed by atoms with Crippen LogP contribution in [0.3, 0.4) is 0 Å². The van der Waals surface area contributed by atoms with Gasteiger partial charge in [0, 0.05) is 25.0 Å². The standard InChI is InChI=1S/C12H11F2N3O/c1-15-11-12(17-7-6-16-11)18-9-4-2-8(3-5-9)10(13)14/h2-7,10H,1H3,(H,15,16). The summed E-state index contributed by atoms with van der Waals surface area (Å²) < 4.78 is 30.2. The lowest BCUT2D eigenvalue weighted by Gasteiger charge is -2.08. The molecule has 1 heterocycles. The van der Waals surface area contributed by atoms with Gasteiger partial charge in [0.1, 0.15) is 5.75 Å². The fraction of sp³-hybridized carbons (Fsp3) is 0.167. The van der Waals surface area contributed by atoms with Crippen LogP contribution in [0.5, 0.6) is 11.6 Å². The highest BCUT2D eigenvalue weighted by molar-refractivity contribution is 5.46. The number of ether oxygens (including phenoxy) is 1. The number of alkyl halides is 2. The topological polar surface area (TPSA) is 47.0 Å². The molecule has 1 N–H and O–H groups in total. The van der Waals surface area contributed by atoms with Crippen LogP contribution in [0, 0.1) is 0 Å². The van der Waals surface area contributed by atoms with E-state index in [4.69, 9.17) is 4.74 Å². The fourth-order valence-electron chi connectivity index (χ4n) is 1.36. The Bertz CT molecular complexity index is 517. The maximum Gasteiger partial charge on any atom is 0.263 e. The second kappa shape index (κ2) is 5.39. The highest BCUT2D eigenvalue weighted by Gasteiger charge is 2.08. The van der Waals surface area contributed by atoms with Crippen LogP contribution in [0.15, 0.2) is 36.7 Å². The molecule has 0 aliphatic carbocycles. The van der Waals surface area contributed by atoms with Gasteiger partial charge in [0.05, 0.1) is 0 Å². The summed E-state index contributed by atoms with van der Waals surface area (Å²) in [6.07, 6.45) is 0.533. The Kier molecular flexibility index (Phi) is 3.66. The second-order valence-electron chi connectivity index (χ2n) is 3.43. The molecule has 0 amide bonds. The first-order chi connectivity index (χ1) is 8.70. The minimum atomic E-state index is -2.48. The van der Waals surface area contributed by atoms with Crippen LogP contribution in [0.25, 0.3) is 0 Å². The predicted molar refractivity (Wildman–Crippen MR) is 63.1 cm³/mol. The van der Waals surface area contributed by atoms with Crippen molar-refractivity contribution in [1.29, 1.82) is 0 Å². The predicted octanol–water partition coefficient (Wildman–Crippen LogP) is 3.25. The van der Waals surface area contributed by atoms with Crippen LogP contribution in [0.4, 0.5) is 14.6 Å². The molecule has 6 heteroatoms. The molecule has 4 nitrogen and oxygen atoms in total. The SMILES string of the molecule is CNc1nccnc1Oc1ccc(C(F)F)cc1. The third kappa shape index (κ3) is 2.71. The van der Waals surface area contributed by atoms with E-state index in [1.165, 1.54) is 36.7 Å². The van der Waals surface area contributed by atoms with Gasteiger partial charge >= 0.3 is 0 Å². The van der Waals surface area contributed by atoms with Gasteiger partial charge in [0.2, 0.25) is 0 Å². The number of nitrogens with one attached hydrogen (secondary N) is 1. The summed E-state index contributed by atoms with van der Waals surface area (Å²) in [7, 11) is 1.69. The number of aromatic nitrogens is 2. The zero-order valence-electron chi connectivity index (χ0n) is 9.60. The molecule has 0 radical (unpaired) electrons. The van der Waals surface area contributed by atoms with Crippen LogP contribution in [-0.2, 0) is 0 Å². The van der Waals surface area contributed by atoms with Gasteiger partial charge < -0.3 is 10.1 Å². The fourth-order valence-corrected chi connectivity index (χ4v) is 1.36. The molecule has 2 rings (SSSR count).